The van der Waals surface area contributed by atoms with E-state index in [1.165, 1.54) is 0 Å². The number of hydrogen-bond donors (Lipinski definition) is 3. The zero-order chi connectivity index (χ0) is 13.7. The van der Waals surface area contributed by atoms with Crippen LogP contribution in [0.5, 0.6) is 0 Å². The second-order valence-corrected chi connectivity index (χ2v) is 5.25. The Labute approximate surface area is 112 Å². The van der Waals surface area contributed by atoms with Crippen LogP contribution >= 0.6 is 0 Å². The van der Waals surface area contributed by atoms with Gasteiger partial charge < -0.3 is 10.4 Å². The van der Waals surface area contributed by atoms with E-state index in [0.717, 1.165) is 12.0 Å². The molecule has 1 aromatic carbocycles. The number of benzene rings is 1. The third-order valence-corrected chi connectivity index (χ3v) is 3.42. The Morgan fingerprint density at radius 1 is 1.53 bits per heavy atom. The lowest BCUT2D eigenvalue weighted by Crippen LogP contribution is -2.58. The summed E-state index contributed by atoms with van der Waals surface area (Å²) in [6, 6.07) is 9.48. The van der Waals surface area contributed by atoms with E-state index in [-0.39, 0.29) is 5.54 Å². The maximum Gasteiger partial charge on any atom is 0.320 e. The Morgan fingerprint density at radius 3 is 2.84 bits per heavy atom. The van der Waals surface area contributed by atoms with Gasteiger partial charge in [-0.1, -0.05) is 30.3 Å². The summed E-state index contributed by atoms with van der Waals surface area (Å²) in [7, 11) is 0. The average molecular weight is 264 g/mol. The first-order valence-corrected chi connectivity index (χ1v) is 6.48. The van der Waals surface area contributed by atoms with Gasteiger partial charge >= 0.3 is 5.97 Å². The monoisotopic (exact) mass is 264 g/mol. The lowest BCUT2D eigenvalue weighted by molar-refractivity contribution is -0.141. The van der Waals surface area contributed by atoms with Crippen molar-refractivity contribution in [2.45, 2.75) is 38.0 Å². The van der Waals surface area contributed by atoms with Crippen molar-refractivity contribution in [1.82, 2.24) is 10.8 Å². The van der Waals surface area contributed by atoms with Crippen LogP contribution in [0, 0.1) is 0 Å². The van der Waals surface area contributed by atoms with Crippen LogP contribution in [-0.4, -0.2) is 29.2 Å². The Morgan fingerprint density at radius 2 is 2.26 bits per heavy atom. The van der Waals surface area contributed by atoms with Gasteiger partial charge in [-0.25, -0.2) is 0 Å². The number of piperidine rings is 1. The van der Waals surface area contributed by atoms with Gasteiger partial charge in [0.25, 0.3) is 0 Å². The van der Waals surface area contributed by atoms with Crippen molar-refractivity contribution in [1.29, 1.82) is 0 Å². The van der Waals surface area contributed by atoms with Gasteiger partial charge in [-0.05, 0) is 25.3 Å². The summed E-state index contributed by atoms with van der Waals surface area (Å²) < 4.78 is 0. The molecule has 2 rings (SSSR count). The van der Waals surface area contributed by atoms with Crippen molar-refractivity contribution in [3.8, 4) is 0 Å². The molecule has 0 amide bonds. The van der Waals surface area contributed by atoms with E-state index in [4.69, 9.17) is 9.94 Å². The number of carboxylic acid groups (broad SMARTS) is 1. The maximum atomic E-state index is 10.9. The predicted octanol–water partition coefficient (Wildman–Crippen LogP) is 1.30. The molecular weight excluding hydrogens is 244 g/mol. The zero-order valence-corrected chi connectivity index (χ0v) is 11.1. The van der Waals surface area contributed by atoms with Crippen LogP contribution in [0.1, 0.15) is 25.3 Å². The summed E-state index contributed by atoms with van der Waals surface area (Å²) >= 11 is 0. The van der Waals surface area contributed by atoms with Crippen molar-refractivity contribution >= 4 is 5.97 Å². The highest BCUT2D eigenvalue weighted by Gasteiger charge is 2.33. The average Bonchev–Trinajstić information content (AvgIpc) is 2.40. The summed E-state index contributed by atoms with van der Waals surface area (Å²) in [5.41, 5.74) is 3.93. The van der Waals surface area contributed by atoms with E-state index in [0.29, 0.717) is 19.6 Å². The molecule has 1 aliphatic heterocycles. The SMILES string of the molecule is C[C@@]1(NOCc2ccccc2)CCC(C(=O)O)NC1. The van der Waals surface area contributed by atoms with Gasteiger partial charge in [-0.15, -0.1) is 0 Å². The normalized spacial score (nSPS) is 27.1. The van der Waals surface area contributed by atoms with Crippen molar-refractivity contribution in [3.05, 3.63) is 35.9 Å². The Hall–Kier alpha value is -1.43. The number of aliphatic carboxylic acids is 1. The molecule has 0 spiro atoms. The van der Waals surface area contributed by atoms with Gasteiger partial charge in [0.2, 0.25) is 0 Å². The largest absolute Gasteiger partial charge is 0.480 e. The van der Waals surface area contributed by atoms with E-state index in [1.807, 2.05) is 37.3 Å². The number of hydrogen-bond acceptors (Lipinski definition) is 4. The van der Waals surface area contributed by atoms with Crippen LogP contribution in [0.2, 0.25) is 0 Å². The summed E-state index contributed by atoms with van der Waals surface area (Å²) in [4.78, 5) is 16.4. The van der Waals surface area contributed by atoms with Crippen molar-refractivity contribution in [2.24, 2.45) is 0 Å². The molecule has 0 radical (unpaired) electrons. The lowest BCUT2D eigenvalue weighted by atomic mass is 9.90. The van der Waals surface area contributed by atoms with E-state index in [1.54, 1.807) is 0 Å². The quantitative estimate of drug-likeness (QED) is 0.699. The van der Waals surface area contributed by atoms with Gasteiger partial charge in [-0.2, -0.15) is 5.48 Å². The van der Waals surface area contributed by atoms with E-state index in [9.17, 15) is 4.79 Å². The second-order valence-electron chi connectivity index (χ2n) is 5.25. The molecule has 0 aliphatic carbocycles. The third kappa shape index (κ3) is 4.02. The fourth-order valence-electron chi connectivity index (χ4n) is 2.17. The standard InChI is InChI=1S/C14H20N2O3/c1-14(8-7-12(13(17)18)15-10-14)16-19-9-11-5-3-2-4-6-11/h2-6,12,15-16H,7-10H2,1H3,(H,17,18)/t12?,14-/m1/s1. The molecule has 1 aliphatic rings. The first kappa shape index (κ1) is 14.0. The molecule has 3 N–H and O–H groups in total. The molecule has 5 nitrogen and oxygen atoms in total. The molecule has 1 fully saturated rings. The lowest BCUT2D eigenvalue weighted by Gasteiger charge is -2.36. The fourth-order valence-corrected chi connectivity index (χ4v) is 2.17. The highest BCUT2D eigenvalue weighted by atomic mass is 16.6. The number of hydroxylamine groups is 1. The Balaban J connectivity index is 1.75. The van der Waals surface area contributed by atoms with E-state index in [2.05, 4.69) is 10.8 Å². The molecule has 2 atom stereocenters. The van der Waals surface area contributed by atoms with Crippen molar-refractivity contribution in [3.63, 3.8) is 0 Å². The Bertz CT molecular complexity index is 414. The van der Waals surface area contributed by atoms with Gasteiger partial charge in [0, 0.05) is 6.54 Å². The maximum absolute atomic E-state index is 10.9. The van der Waals surface area contributed by atoms with Crippen molar-refractivity contribution in [2.75, 3.05) is 6.54 Å². The topological polar surface area (TPSA) is 70.6 Å². The van der Waals surface area contributed by atoms with Crippen LogP contribution in [0.15, 0.2) is 30.3 Å². The molecule has 1 saturated heterocycles. The van der Waals surface area contributed by atoms with Gasteiger partial charge in [0.15, 0.2) is 0 Å². The number of carboxylic acids is 1. The van der Waals surface area contributed by atoms with Gasteiger partial charge in [0.05, 0.1) is 12.1 Å². The molecular formula is C14H20N2O3. The minimum Gasteiger partial charge on any atom is -0.480 e. The minimum absolute atomic E-state index is 0.221. The van der Waals surface area contributed by atoms with Crippen LogP contribution in [-0.2, 0) is 16.2 Å². The molecule has 1 heterocycles. The predicted molar refractivity (Wildman–Crippen MR) is 71.4 cm³/mol. The number of carbonyl (C=O) groups is 1. The van der Waals surface area contributed by atoms with Crippen LogP contribution < -0.4 is 10.8 Å². The highest BCUT2D eigenvalue weighted by Crippen LogP contribution is 2.19. The molecule has 5 heteroatoms. The zero-order valence-electron chi connectivity index (χ0n) is 11.1. The van der Waals surface area contributed by atoms with Crippen LogP contribution in [0.4, 0.5) is 0 Å². The molecule has 0 bridgehead atoms. The van der Waals surface area contributed by atoms with Crippen LogP contribution in [0.25, 0.3) is 0 Å². The molecule has 0 aromatic heterocycles. The summed E-state index contributed by atoms with van der Waals surface area (Å²) in [6.45, 7) is 3.11. The molecule has 1 unspecified atom stereocenters. The molecule has 19 heavy (non-hydrogen) atoms. The first-order chi connectivity index (χ1) is 9.09. The summed E-state index contributed by atoms with van der Waals surface area (Å²) in [6.07, 6.45) is 1.37. The summed E-state index contributed by atoms with van der Waals surface area (Å²) in [5, 5.41) is 11.9. The number of rotatable bonds is 5. The fraction of sp³-hybridized carbons (Fsp3) is 0.500. The Kier molecular flexibility index (Phi) is 4.52. The van der Waals surface area contributed by atoms with Crippen molar-refractivity contribution < 1.29 is 14.7 Å². The first-order valence-electron chi connectivity index (χ1n) is 6.48. The number of nitrogens with one attached hydrogen (secondary N) is 2. The molecule has 0 saturated carbocycles. The summed E-state index contributed by atoms with van der Waals surface area (Å²) in [5.74, 6) is -0.785. The third-order valence-electron chi connectivity index (χ3n) is 3.42. The highest BCUT2D eigenvalue weighted by molar-refractivity contribution is 5.73. The smallest absolute Gasteiger partial charge is 0.320 e. The molecule has 1 aromatic rings. The minimum atomic E-state index is -0.785. The van der Waals surface area contributed by atoms with E-state index < -0.39 is 12.0 Å². The second kappa shape index (κ2) is 6.14. The van der Waals surface area contributed by atoms with Crippen LogP contribution in [0.3, 0.4) is 0 Å². The van der Waals surface area contributed by atoms with Gasteiger partial charge in [0.1, 0.15) is 6.04 Å². The van der Waals surface area contributed by atoms with Gasteiger partial charge in [-0.3, -0.25) is 9.63 Å². The molecule has 104 valence electrons. The van der Waals surface area contributed by atoms with E-state index >= 15 is 0 Å².